The zero-order chi connectivity index (χ0) is 6.41. The van der Waals surface area contributed by atoms with Gasteiger partial charge in [0.15, 0.2) is 0 Å². The number of hydrazine groups is 1. The van der Waals surface area contributed by atoms with E-state index in [2.05, 4.69) is 15.4 Å². The highest BCUT2D eigenvalue weighted by Gasteiger charge is 1.97. The molecule has 0 aromatic carbocycles. The average molecular weight is 120 g/mol. The Morgan fingerprint density at radius 2 is 2.50 bits per heavy atom. The SMILES string of the molecule is CCOC(=O)ONN. The maximum atomic E-state index is 10.1. The van der Waals surface area contributed by atoms with Crippen molar-refractivity contribution in [2.45, 2.75) is 6.92 Å². The summed E-state index contributed by atoms with van der Waals surface area (Å²) >= 11 is 0. The third kappa shape index (κ3) is 3.38. The van der Waals surface area contributed by atoms with Crippen LogP contribution < -0.4 is 11.4 Å². The first-order valence-electron chi connectivity index (χ1n) is 2.10. The van der Waals surface area contributed by atoms with E-state index in [-0.39, 0.29) is 6.61 Å². The first kappa shape index (κ1) is 7.19. The molecule has 0 aliphatic rings. The molecule has 0 aromatic heterocycles. The highest BCUT2D eigenvalue weighted by Crippen LogP contribution is 1.77. The normalized spacial score (nSPS) is 8.25. The van der Waals surface area contributed by atoms with Crippen LogP contribution in [0.2, 0.25) is 0 Å². The van der Waals surface area contributed by atoms with E-state index in [0.29, 0.717) is 0 Å². The molecule has 0 radical (unpaired) electrons. The molecule has 3 N–H and O–H groups in total. The van der Waals surface area contributed by atoms with Gasteiger partial charge in [-0.3, -0.25) is 0 Å². The fourth-order valence-corrected chi connectivity index (χ4v) is 0.195. The lowest BCUT2D eigenvalue weighted by Crippen LogP contribution is -2.26. The minimum Gasteiger partial charge on any atom is -0.433 e. The highest BCUT2D eigenvalue weighted by atomic mass is 16.8. The fourth-order valence-electron chi connectivity index (χ4n) is 0.195. The summed E-state index contributed by atoms with van der Waals surface area (Å²) in [7, 11) is 0. The summed E-state index contributed by atoms with van der Waals surface area (Å²) in [5.41, 5.74) is 1.68. The molecule has 0 rings (SSSR count). The van der Waals surface area contributed by atoms with Crippen molar-refractivity contribution >= 4 is 6.16 Å². The third-order valence-electron chi connectivity index (χ3n) is 0.404. The van der Waals surface area contributed by atoms with Crippen molar-refractivity contribution in [2.24, 2.45) is 5.84 Å². The van der Waals surface area contributed by atoms with Crippen LogP contribution in [0.15, 0.2) is 0 Å². The maximum Gasteiger partial charge on any atom is 0.528 e. The predicted molar refractivity (Wildman–Crippen MR) is 25.4 cm³/mol. The van der Waals surface area contributed by atoms with Gasteiger partial charge in [0.2, 0.25) is 0 Å². The van der Waals surface area contributed by atoms with Gasteiger partial charge in [0.1, 0.15) is 0 Å². The van der Waals surface area contributed by atoms with Crippen molar-refractivity contribution < 1.29 is 14.4 Å². The van der Waals surface area contributed by atoms with Crippen LogP contribution in [0.5, 0.6) is 0 Å². The molecule has 0 heterocycles. The second-order valence-corrected chi connectivity index (χ2v) is 0.903. The Morgan fingerprint density at radius 3 is 2.88 bits per heavy atom. The van der Waals surface area contributed by atoms with Gasteiger partial charge in [0, 0.05) is 0 Å². The van der Waals surface area contributed by atoms with Gasteiger partial charge in [0.05, 0.1) is 6.61 Å². The molecule has 5 nitrogen and oxygen atoms in total. The Labute approximate surface area is 46.7 Å². The lowest BCUT2D eigenvalue weighted by Gasteiger charge is -1.98. The predicted octanol–water partition coefficient (Wildman–Crippen LogP) is -0.462. The van der Waals surface area contributed by atoms with Gasteiger partial charge < -0.3 is 9.57 Å². The van der Waals surface area contributed by atoms with Crippen molar-refractivity contribution in [3.8, 4) is 0 Å². The summed E-state index contributed by atoms with van der Waals surface area (Å²) in [5.74, 6) is 4.59. The van der Waals surface area contributed by atoms with E-state index in [0.717, 1.165) is 0 Å². The molecule has 0 saturated heterocycles. The fraction of sp³-hybridized carbons (Fsp3) is 0.667. The Morgan fingerprint density at radius 1 is 1.88 bits per heavy atom. The molecule has 0 aliphatic heterocycles. The van der Waals surface area contributed by atoms with E-state index >= 15 is 0 Å². The summed E-state index contributed by atoms with van der Waals surface area (Å²) in [6.07, 6.45) is -0.824. The topological polar surface area (TPSA) is 73.6 Å². The summed E-state index contributed by atoms with van der Waals surface area (Å²) in [4.78, 5) is 14.0. The zero-order valence-electron chi connectivity index (χ0n) is 4.51. The number of nitrogens with two attached hydrogens (primary N) is 1. The van der Waals surface area contributed by atoms with Gasteiger partial charge in [-0.05, 0) is 6.92 Å². The summed E-state index contributed by atoms with van der Waals surface area (Å²) in [6.45, 7) is 1.94. The number of rotatable bonds is 2. The molecule has 0 aliphatic carbocycles. The lowest BCUT2D eigenvalue weighted by molar-refractivity contribution is 0.0193. The molecule has 0 fully saturated rings. The molecule has 5 heteroatoms. The van der Waals surface area contributed by atoms with Crippen LogP contribution in [-0.2, 0) is 9.57 Å². The number of ether oxygens (including phenoxy) is 1. The summed E-state index contributed by atoms with van der Waals surface area (Å²) in [6, 6.07) is 0. The second kappa shape index (κ2) is 4.35. The third-order valence-corrected chi connectivity index (χ3v) is 0.404. The quantitative estimate of drug-likeness (QED) is 0.293. The van der Waals surface area contributed by atoms with Crippen LogP contribution >= 0.6 is 0 Å². The zero-order valence-corrected chi connectivity index (χ0v) is 4.51. The first-order valence-corrected chi connectivity index (χ1v) is 2.10. The van der Waals surface area contributed by atoms with E-state index < -0.39 is 6.16 Å². The van der Waals surface area contributed by atoms with E-state index in [1.807, 2.05) is 0 Å². The number of hydrogen-bond acceptors (Lipinski definition) is 5. The highest BCUT2D eigenvalue weighted by molar-refractivity contribution is 5.59. The van der Waals surface area contributed by atoms with Crippen molar-refractivity contribution in [2.75, 3.05) is 6.61 Å². The van der Waals surface area contributed by atoms with Gasteiger partial charge in [-0.2, -0.15) is 0 Å². The van der Waals surface area contributed by atoms with Gasteiger partial charge in [-0.15, -0.1) is 0 Å². The molecule has 0 atom stereocenters. The van der Waals surface area contributed by atoms with Crippen molar-refractivity contribution in [3.63, 3.8) is 0 Å². The molecule has 0 unspecified atom stereocenters. The molecule has 0 aromatic rings. The van der Waals surface area contributed by atoms with Gasteiger partial charge in [-0.1, -0.05) is 5.59 Å². The summed E-state index contributed by atoms with van der Waals surface area (Å²) in [5, 5.41) is 0. The molecular formula is C3H8N2O3. The van der Waals surface area contributed by atoms with Gasteiger partial charge in [0.25, 0.3) is 0 Å². The molecule has 0 bridgehead atoms. The number of hydrogen-bond donors (Lipinski definition) is 2. The van der Waals surface area contributed by atoms with Gasteiger partial charge in [-0.25, -0.2) is 10.6 Å². The van der Waals surface area contributed by atoms with Crippen molar-refractivity contribution in [1.82, 2.24) is 5.59 Å². The van der Waals surface area contributed by atoms with Crippen LogP contribution in [0.1, 0.15) is 6.92 Å². The largest absolute Gasteiger partial charge is 0.528 e. The monoisotopic (exact) mass is 120 g/mol. The minimum absolute atomic E-state index is 0.278. The Bertz CT molecular complexity index is 66.9. The van der Waals surface area contributed by atoms with E-state index in [1.54, 1.807) is 12.5 Å². The minimum atomic E-state index is -0.824. The Kier molecular flexibility index (Phi) is 3.91. The van der Waals surface area contributed by atoms with E-state index in [9.17, 15) is 4.79 Å². The van der Waals surface area contributed by atoms with Crippen LogP contribution in [0.4, 0.5) is 4.79 Å². The smallest absolute Gasteiger partial charge is 0.433 e. The molecule has 8 heavy (non-hydrogen) atoms. The van der Waals surface area contributed by atoms with Gasteiger partial charge >= 0.3 is 6.16 Å². The average Bonchev–Trinajstić information content (AvgIpc) is 1.68. The number of nitrogens with one attached hydrogen (secondary N) is 1. The Hall–Kier alpha value is -0.810. The molecule has 0 spiro atoms. The lowest BCUT2D eigenvalue weighted by atomic mass is 10.9. The maximum absolute atomic E-state index is 10.1. The van der Waals surface area contributed by atoms with Crippen LogP contribution in [-0.4, -0.2) is 12.8 Å². The van der Waals surface area contributed by atoms with E-state index in [1.165, 1.54) is 0 Å². The van der Waals surface area contributed by atoms with Crippen LogP contribution in [0.3, 0.4) is 0 Å². The van der Waals surface area contributed by atoms with Crippen molar-refractivity contribution in [3.05, 3.63) is 0 Å². The van der Waals surface area contributed by atoms with E-state index in [4.69, 9.17) is 0 Å². The number of carbonyl (C=O) groups excluding carboxylic acids is 1. The second-order valence-electron chi connectivity index (χ2n) is 0.903. The summed E-state index contributed by atoms with van der Waals surface area (Å²) < 4.78 is 4.28. The molecule has 0 amide bonds. The van der Waals surface area contributed by atoms with Crippen LogP contribution in [0.25, 0.3) is 0 Å². The molecule has 0 saturated carbocycles. The van der Waals surface area contributed by atoms with Crippen molar-refractivity contribution in [1.29, 1.82) is 0 Å². The Balaban J connectivity index is 3.06. The molecular weight excluding hydrogens is 112 g/mol. The number of carbonyl (C=O) groups is 1. The van der Waals surface area contributed by atoms with Crippen LogP contribution in [0, 0.1) is 0 Å². The molecule has 48 valence electrons. The standard InChI is InChI=1S/C3H8N2O3/c1-2-7-3(6)8-5-4/h5H,2,4H2,1H3. The first-order chi connectivity index (χ1) is 3.81.